The van der Waals surface area contributed by atoms with Crippen LogP contribution in [-0.4, -0.2) is 56.6 Å². The van der Waals surface area contributed by atoms with E-state index in [2.05, 4.69) is 24.5 Å². The molecule has 0 saturated heterocycles. The molecule has 0 heterocycles. The zero-order valence-electron chi connectivity index (χ0n) is 16.3. The number of hydrogen-bond acceptors (Lipinski definition) is 4. The molecule has 1 atom stereocenters. The molecule has 6 heteroatoms. The first-order chi connectivity index (χ1) is 11.2. The second-order valence-electron chi connectivity index (χ2n) is 7.25. The van der Waals surface area contributed by atoms with E-state index in [-0.39, 0.29) is 18.4 Å². The van der Waals surface area contributed by atoms with Gasteiger partial charge in [-0.2, -0.15) is 0 Å². The van der Waals surface area contributed by atoms with Crippen LogP contribution in [0.4, 0.5) is 4.39 Å². The molecule has 24 heavy (non-hydrogen) atoms. The van der Waals surface area contributed by atoms with Crippen molar-refractivity contribution in [3.05, 3.63) is 0 Å². The Labute approximate surface area is 147 Å². The highest BCUT2D eigenvalue weighted by molar-refractivity contribution is 5.77. The lowest BCUT2D eigenvalue weighted by molar-refractivity contribution is -0.125. The predicted octanol–water partition coefficient (Wildman–Crippen LogP) is 2.69. The summed E-state index contributed by atoms with van der Waals surface area (Å²) in [6.07, 6.45) is 0.460. The van der Waals surface area contributed by atoms with Crippen molar-refractivity contribution in [1.29, 1.82) is 0 Å². The predicted molar refractivity (Wildman–Crippen MR) is 96.0 cm³/mol. The lowest BCUT2D eigenvalue weighted by Crippen LogP contribution is -2.45. The Hall–Kier alpha value is -0.720. The average molecular weight is 349 g/mol. The van der Waals surface area contributed by atoms with Gasteiger partial charge in [0.15, 0.2) is 0 Å². The number of hydrogen-bond donors (Lipinski definition) is 2. The lowest BCUT2D eigenvalue weighted by Gasteiger charge is -2.29. The third-order valence-electron chi connectivity index (χ3n) is 3.66. The molecule has 1 amide bonds. The number of nitrogens with one attached hydrogen (secondary N) is 2. The van der Waals surface area contributed by atoms with Gasteiger partial charge in [0.25, 0.3) is 0 Å². The minimum atomic E-state index is -1.25. The fraction of sp³-hybridized carbons (Fsp3) is 0.944. The topological polar surface area (TPSA) is 59.6 Å². The first kappa shape index (κ1) is 23.3. The van der Waals surface area contributed by atoms with Crippen molar-refractivity contribution in [3.8, 4) is 0 Å². The summed E-state index contributed by atoms with van der Waals surface area (Å²) in [6.45, 7) is 13.9. The van der Waals surface area contributed by atoms with Gasteiger partial charge < -0.3 is 20.1 Å². The molecule has 0 bridgehead atoms. The Balaban J connectivity index is 3.70. The minimum absolute atomic E-state index is 0.0244. The van der Waals surface area contributed by atoms with Crippen molar-refractivity contribution in [2.75, 3.05) is 32.9 Å². The Morgan fingerprint density at radius 2 is 1.71 bits per heavy atom. The standard InChI is InChI=1S/C18H37FN2O3/c1-14(2)17(22)21-13-16(19)18(5,6)24-12-8-11-23-10-7-9-20-15(3)4/h14-16,20H,7-13H2,1-6H3,(H,21,22). The molecule has 0 rings (SSSR count). The molecule has 0 spiro atoms. The molecule has 1 unspecified atom stereocenters. The van der Waals surface area contributed by atoms with Crippen molar-refractivity contribution in [1.82, 2.24) is 10.6 Å². The molecule has 0 aromatic carbocycles. The van der Waals surface area contributed by atoms with Crippen LogP contribution >= 0.6 is 0 Å². The van der Waals surface area contributed by atoms with Gasteiger partial charge in [0.1, 0.15) is 6.17 Å². The number of alkyl halides is 1. The van der Waals surface area contributed by atoms with E-state index in [1.54, 1.807) is 27.7 Å². The fourth-order valence-electron chi connectivity index (χ4n) is 1.89. The first-order valence-corrected chi connectivity index (χ1v) is 9.03. The minimum Gasteiger partial charge on any atom is -0.381 e. The van der Waals surface area contributed by atoms with Gasteiger partial charge in [0.2, 0.25) is 5.91 Å². The maximum atomic E-state index is 14.2. The summed E-state index contributed by atoms with van der Waals surface area (Å²) >= 11 is 0. The fourth-order valence-corrected chi connectivity index (χ4v) is 1.89. The van der Waals surface area contributed by atoms with Crippen LogP contribution in [-0.2, 0) is 14.3 Å². The van der Waals surface area contributed by atoms with Crippen LogP contribution in [0.1, 0.15) is 54.4 Å². The molecule has 5 nitrogen and oxygen atoms in total. The SMILES string of the molecule is CC(C)NCCCOCCCOC(C)(C)C(F)CNC(=O)C(C)C. The van der Waals surface area contributed by atoms with Crippen LogP contribution in [0, 0.1) is 5.92 Å². The summed E-state index contributed by atoms with van der Waals surface area (Å²) in [4.78, 5) is 11.5. The summed E-state index contributed by atoms with van der Waals surface area (Å²) in [7, 11) is 0. The second-order valence-corrected chi connectivity index (χ2v) is 7.25. The number of halogens is 1. The number of amides is 1. The van der Waals surface area contributed by atoms with E-state index in [1.165, 1.54) is 0 Å². The van der Waals surface area contributed by atoms with Crippen LogP contribution in [0.3, 0.4) is 0 Å². The molecule has 0 aliphatic rings. The summed E-state index contributed by atoms with van der Waals surface area (Å²) in [6, 6.07) is 0.500. The Bertz CT molecular complexity index is 336. The summed E-state index contributed by atoms with van der Waals surface area (Å²) in [5.41, 5.74) is -0.925. The largest absolute Gasteiger partial charge is 0.381 e. The molecule has 0 aliphatic carbocycles. The van der Waals surface area contributed by atoms with Gasteiger partial charge in [-0.25, -0.2) is 4.39 Å². The van der Waals surface area contributed by atoms with Crippen molar-refractivity contribution < 1.29 is 18.7 Å². The van der Waals surface area contributed by atoms with Crippen LogP contribution in [0.5, 0.6) is 0 Å². The van der Waals surface area contributed by atoms with Crippen LogP contribution in [0.25, 0.3) is 0 Å². The van der Waals surface area contributed by atoms with Crippen molar-refractivity contribution in [2.45, 2.75) is 72.2 Å². The molecule has 144 valence electrons. The van der Waals surface area contributed by atoms with Gasteiger partial charge in [0.05, 0.1) is 12.1 Å². The molecule has 0 aliphatic heterocycles. The maximum absolute atomic E-state index is 14.2. The van der Waals surface area contributed by atoms with E-state index >= 15 is 0 Å². The van der Waals surface area contributed by atoms with Gasteiger partial charge >= 0.3 is 0 Å². The van der Waals surface area contributed by atoms with E-state index in [4.69, 9.17) is 9.47 Å². The number of carbonyl (C=O) groups is 1. The average Bonchev–Trinajstić information content (AvgIpc) is 2.49. The number of rotatable bonds is 14. The molecular formula is C18H37FN2O3. The molecule has 0 radical (unpaired) electrons. The van der Waals surface area contributed by atoms with E-state index in [0.29, 0.717) is 19.3 Å². The third-order valence-corrected chi connectivity index (χ3v) is 3.66. The zero-order chi connectivity index (χ0) is 18.6. The summed E-state index contributed by atoms with van der Waals surface area (Å²) < 4.78 is 25.4. The smallest absolute Gasteiger partial charge is 0.222 e. The van der Waals surface area contributed by atoms with Crippen molar-refractivity contribution >= 4 is 5.91 Å². The van der Waals surface area contributed by atoms with Crippen molar-refractivity contribution in [3.63, 3.8) is 0 Å². The van der Waals surface area contributed by atoms with Gasteiger partial charge in [0, 0.05) is 31.8 Å². The van der Waals surface area contributed by atoms with E-state index in [1.807, 2.05) is 0 Å². The zero-order valence-corrected chi connectivity index (χ0v) is 16.3. The molecule has 2 N–H and O–H groups in total. The normalized spacial score (nSPS) is 13.5. The summed E-state index contributed by atoms with van der Waals surface area (Å²) in [5, 5.41) is 5.93. The van der Waals surface area contributed by atoms with Crippen LogP contribution < -0.4 is 10.6 Å². The van der Waals surface area contributed by atoms with Gasteiger partial charge in [-0.3, -0.25) is 4.79 Å². The van der Waals surface area contributed by atoms with E-state index in [9.17, 15) is 9.18 Å². The van der Waals surface area contributed by atoms with Gasteiger partial charge in [-0.1, -0.05) is 27.7 Å². The monoisotopic (exact) mass is 348 g/mol. The van der Waals surface area contributed by atoms with Crippen molar-refractivity contribution in [2.24, 2.45) is 5.92 Å². The van der Waals surface area contributed by atoms with Gasteiger partial charge in [-0.05, 0) is 33.2 Å². The van der Waals surface area contributed by atoms with Gasteiger partial charge in [-0.15, -0.1) is 0 Å². The third kappa shape index (κ3) is 11.8. The highest BCUT2D eigenvalue weighted by Crippen LogP contribution is 2.18. The Morgan fingerprint density at radius 1 is 1.08 bits per heavy atom. The maximum Gasteiger partial charge on any atom is 0.222 e. The molecule has 0 aromatic rings. The van der Waals surface area contributed by atoms with E-state index in [0.717, 1.165) is 26.0 Å². The molecule has 0 fully saturated rings. The Kier molecular flexibility index (Phi) is 12.2. The highest BCUT2D eigenvalue weighted by Gasteiger charge is 2.30. The summed E-state index contributed by atoms with van der Waals surface area (Å²) in [5.74, 6) is -0.289. The van der Waals surface area contributed by atoms with Crippen LogP contribution in [0.2, 0.25) is 0 Å². The highest BCUT2D eigenvalue weighted by atomic mass is 19.1. The molecule has 0 saturated carbocycles. The Morgan fingerprint density at radius 3 is 2.29 bits per heavy atom. The molecular weight excluding hydrogens is 311 g/mol. The van der Waals surface area contributed by atoms with Crippen LogP contribution in [0.15, 0.2) is 0 Å². The number of ether oxygens (including phenoxy) is 2. The quantitative estimate of drug-likeness (QED) is 0.474. The lowest BCUT2D eigenvalue weighted by atomic mass is 10.0. The van der Waals surface area contributed by atoms with E-state index < -0.39 is 11.8 Å². The molecule has 0 aromatic heterocycles. The first-order valence-electron chi connectivity index (χ1n) is 9.03. The second kappa shape index (κ2) is 12.6. The number of carbonyl (C=O) groups excluding carboxylic acids is 1.